The average Bonchev–Trinajstić information content (AvgIpc) is 3.05. The van der Waals surface area contributed by atoms with Gasteiger partial charge in [0.05, 0.1) is 23.9 Å². The van der Waals surface area contributed by atoms with Gasteiger partial charge < -0.3 is 15.0 Å². The van der Waals surface area contributed by atoms with Crippen LogP contribution >= 0.6 is 12.2 Å². The molecule has 2 saturated heterocycles. The largest absolute Gasteiger partial charge is 0.490 e. The number of nitrogens with one attached hydrogen (secondary N) is 1. The van der Waals surface area contributed by atoms with Crippen LogP contribution < -0.4 is 19.9 Å². The Morgan fingerprint density at radius 2 is 1.92 bits per heavy atom. The minimum absolute atomic E-state index is 0.0388. The van der Waals surface area contributed by atoms with Crippen LogP contribution in [0.15, 0.2) is 36.5 Å². The highest BCUT2D eigenvalue weighted by Gasteiger charge is 2.59. The first-order chi connectivity index (χ1) is 17.1. The molecule has 12 heteroatoms. The number of anilines is 2. The van der Waals surface area contributed by atoms with Crippen LogP contribution in [-0.2, 0) is 15.8 Å². The molecule has 1 aromatic heterocycles. The van der Waals surface area contributed by atoms with Crippen LogP contribution in [0.3, 0.4) is 0 Å². The Morgan fingerprint density at radius 1 is 1.19 bits per heavy atom. The van der Waals surface area contributed by atoms with Crippen molar-refractivity contribution in [2.45, 2.75) is 49.9 Å². The molecule has 1 N–H and O–H groups in total. The first kappa shape index (κ1) is 24.0. The fourth-order valence-corrected chi connectivity index (χ4v) is 5.28. The Kier molecular flexibility index (Phi) is 5.83. The number of halogens is 3. The number of alkyl halides is 3. The van der Waals surface area contributed by atoms with E-state index in [2.05, 4.69) is 10.3 Å². The number of hydrogen-bond donors (Lipinski definition) is 1. The van der Waals surface area contributed by atoms with Crippen LogP contribution in [0, 0.1) is 11.3 Å². The van der Waals surface area contributed by atoms with Crippen LogP contribution in [0.25, 0.3) is 0 Å². The Bertz CT molecular complexity index is 1290. The maximum absolute atomic E-state index is 13.5. The van der Waals surface area contributed by atoms with Crippen molar-refractivity contribution in [2.24, 2.45) is 0 Å². The van der Waals surface area contributed by atoms with Crippen molar-refractivity contribution in [3.63, 3.8) is 0 Å². The number of thiocarbonyl (C=S) groups is 1. The van der Waals surface area contributed by atoms with Gasteiger partial charge in [0.2, 0.25) is 5.91 Å². The molecule has 1 aliphatic carbocycles. The van der Waals surface area contributed by atoms with E-state index < -0.39 is 28.9 Å². The lowest BCUT2D eigenvalue weighted by Gasteiger charge is -2.43. The predicted molar refractivity (Wildman–Crippen MR) is 126 cm³/mol. The van der Waals surface area contributed by atoms with E-state index in [1.165, 1.54) is 6.07 Å². The van der Waals surface area contributed by atoms with Crippen molar-refractivity contribution in [3.8, 4) is 11.8 Å². The monoisotopic (exact) mass is 515 g/mol. The van der Waals surface area contributed by atoms with Crippen LogP contribution in [0.4, 0.5) is 24.5 Å². The summed E-state index contributed by atoms with van der Waals surface area (Å²) in [7, 11) is 0. The zero-order valence-corrected chi connectivity index (χ0v) is 19.7. The van der Waals surface area contributed by atoms with Crippen LogP contribution in [0.2, 0.25) is 0 Å². The third-order valence-corrected chi connectivity index (χ3v) is 7.10. The summed E-state index contributed by atoms with van der Waals surface area (Å²) in [5.41, 5.74) is -2.53. The summed E-state index contributed by atoms with van der Waals surface area (Å²) in [6.45, 7) is 0.546. The second kappa shape index (κ2) is 8.74. The highest BCUT2D eigenvalue weighted by atomic mass is 32.1. The van der Waals surface area contributed by atoms with Gasteiger partial charge in [0.15, 0.2) is 10.8 Å². The number of nitrogens with zero attached hydrogens (tertiary/aromatic N) is 4. The zero-order valence-electron chi connectivity index (χ0n) is 18.8. The van der Waals surface area contributed by atoms with E-state index in [0.717, 1.165) is 23.6 Å². The highest BCUT2D eigenvalue weighted by molar-refractivity contribution is 7.81. The SMILES string of the molecule is N#Cc1ncc(N2C(=O)C3(CCC3)N(c3ccc(O[C@@H]4CCNC(=O)C4)cc3)C2=S)cc1C(F)(F)F. The molecular weight excluding hydrogens is 495 g/mol. The van der Waals surface area contributed by atoms with Crippen LogP contribution in [-0.4, -0.2) is 40.1 Å². The third-order valence-electron chi connectivity index (χ3n) is 6.73. The molecule has 3 heterocycles. The lowest BCUT2D eigenvalue weighted by atomic mass is 9.75. The minimum atomic E-state index is -4.82. The van der Waals surface area contributed by atoms with Crippen molar-refractivity contribution in [3.05, 3.63) is 47.8 Å². The lowest BCUT2D eigenvalue weighted by Crippen LogP contribution is -2.55. The van der Waals surface area contributed by atoms with E-state index in [-0.39, 0.29) is 29.2 Å². The number of pyridine rings is 1. The summed E-state index contributed by atoms with van der Waals surface area (Å²) in [6, 6.07) is 9.09. The maximum atomic E-state index is 13.5. The van der Waals surface area contributed by atoms with Crippen LogP contribution in [0.5, 0.6) is 5.75 Å². The fraction of sp³-hybridized carbons (Fsp3) is 0.375. The normalized spacial score (nSPS) is 21.3. The minimum Gasteiger partial charge on any atom is -0.490 e. The number of carbonyl (C=O) groups excluding carboxylic acids is 2. The summed E-state index contributed by atoms with van der Waals surface area (Å²) >= 11 is 5.61. The third kappa shape index (κ3) is 3.93. The smallest absolute Gasteiger partial charge is 0.419 e. The number of piperidine rings is 1. The van der Waals surface area contributed by atoms with E-state index in [1.54, 1.807) is 29.2 Å². The molecule has 0 radical (unpaired) electrons. The second-order valence-electron chi connectivity index (χ2n) is 8.92. The quantitative estimate of drug-likeness (QED) is 0.620. The molecule has 1 aromatic carbocycles. The Hall–Kier alpha value is -3.72. The standard InChI is InChI=1S/C24H20F3N5O3S/c25-24(26,27)18-10-15(13-30-19(18)12-28)31-21(34)23(7-1-8-23)32(22(31)36)14-2-4-16(5-3-14)35-17-6-9-29-20(33)11-17/h2-5,10,13,17H,1,6-9,11H2,(H,29,33)/t17-/m1/s1. The molecule has 2 aliphatic heterocycles. The van der Waals surface area contributed by atoms with E-state index in [9.17, 15) is 22.8 Å². The summed E-state index contributed by atoms with van der Waals surface area (Å²) in [6.07, 6.45) is -1.28. The first-order valence-corrected chi connectivity index (χ1v) is 11.7. The molecule has 0 bridgehead atoms. The number of nitriles is 1. The number of rotatable bonds is 4. The van der Waals surface area contributed by atoms with Gasteiger partial charge in [0.25, 0.3) is 5.91 Å². The summed E-state index contributed by atoms with van der Waals surface area (Å²) in [5, 5.41) is 11.8. The van der Waals surface area contributed by atoms with Crippen molar-refractivity contribution in [1.82, 2.24) is 10.3 Å². The fourth-order valence-electron chi connectivity index (χ4n) is 4.81. The molecule has 3 fully saturated rings. The van der Waals surface area contributed by atoms with Crippen molar-refractivity contribution in [1.29, 1.82) is 5.26 Å². The van der Waals surface area contributed by atoms with Gasteiger partial charge in [-0.1, -0.05) is 0 Å². The van der Waals surface area contributed by atoms with Crippen molar-refractivity contribution in [2.75, 3.05) is 16.3 Å². The molecule has 2 aromatic rings. The van der Waals surface area contributed by atoms with Crippen molar-refractivity contribution >= 4 is 40.5 Å². The first-order valence-electron chi connectivity index (χ1n) is 11.3. The summed E-state index contributed by atoms with van der Waals surface area (Å²) < 4.78 is 46.5. The van der Waals surface area contributed by atoms with Gasteiger partial charge in [-0.2, -0.15) is 18.4 Å². The molecule has 36 heavy (non-hydrogen) atoms. The van der Waals surface area contributed by atoms with Gasteiger partial charge in [0.1, 0.15) is 23.5 Å². The van der Waals surface area contributed by atoms with E-state index >= 15 is 0 Å². The van der Waals surface area contributed by atoms with Gasteiger partial charge in [-0.15, -0.1) is 0 Å². The molecule has 1 saturated carbocycles. The van der Waals surface area contributed by atoms with E-state index in [0.29, 0.717) is 37.2 Å². The molecule has 0 unspecified atom stereocenters. The molecule has 186 valence electrons. The van der Waals surface area contributed by atoms with E-state index in [4.69, 9.17) is 22.2 Å². The molecule has 3 aliphatic rings. The number of carbonyl (C=O) groups is 2. The predicted octanol–water partition coefficient (Wildman–Crippen LogP) is 3.69. The Morgan fingerprint density at radius 3 is 2.50 bits per heavy atom. The molecule has 1 spiro atoms. The van der Waals surface area contributed by atoms with Gasteiger partial charge in [-0.3, -0.25) is 14.5 Å². The highest BCUT2D eigenvalue weighted by Crippen LogP contribution is 2.48. The number of hydrogen-bond acceptors (Lipinski definition) is 6. The second-order valence-corrected chi connectivity index (χ2v) is 9.28. The maximum Gasteiger partial charge on any atom is 0.419 e. The molecule has 2 amide bonds. The van der Waals surface area contributed by atoms with Crippen LogP contribution in [0.1, 0.15) is 43.4 Å². The van der Waals surface area contributed by atoms with Crippen molar-refractivity contribution < 1.29 is 27.5 Å². The number of benzene rings is 1. The van der Waals surface area contributed by atoms with E-state index in [1.807, 2.05) is 0 Å². The topological polar surface area (TPSA) is 98.6 Å². The lowest BCUT2D eigenvalue weighted by molar-refractivity contribution is -0.138. The molecule has 8 nitrogen and oxygen atoms in total. The zero-order chi connectivity index (χ0) is 25.7. The van der Waals surface area contributed by atoms with Gasteiger partial charge in [-0.25, -0.2) is 4.98 Å². The average molecular weight is 516 g/mol. The summed E-state index contributed by atoms with van der Waals surface area (Å²) in [4.78, 5) is 31.5. The Balaban J connectivity index is 1.45. The Labute approximate surface area is 209 Å². The number of ether oxygens (including phenoxy) is 1. The number of aromatic nitrogens is 1. The van der Waals surface area contributed by atoms with Gasteiger partial charge in [0, 0.05) is 18.7 Å². The van der Waals surface area contributed by atoms with Gasteiger partial charge >= 0.3 is 6.18 Å². The molecule has 1 atom stereocenters. The summed E-state index contributed by atoms with van der Waals surface area (Å²) in [5.74, 6) is 0.0641. The molecular formula is C24H20F3N5O3S. The number of amides is 2. The van der Waals surface area contributed by atoms with Gasteiger partial charge in [-0.05, 0) is 61.8 Å². The molecule has 5 rings (SSSR count).